The lowest BCUT2D eigenvalue weighted by Crippen LogP contribution is -2.38. The maximum Gasteiger partial charge on any atom is 0.387 e. The molecule has 3 atom stereocenters. The van der Waals surface area contributed by atoms with E-state index in [4.69, 9.17) is 15.7 Å². The number of fused-ring (bicyclic) bond motifs is 2. The van der Waals surface area contributed by atoms with Gasteiger partial charge in [0.25, 0.3) is 0 Å². The number of aliphatic hydroxyl groups is 1. The third kappa shape index (κ3) is 3.96. The van der Waals surface area contributed by atoms with Crippen LogP contribution in [0.5, 0.6) is 5.75 Å². The molecule has 0 aromatic carbocycles. The fourth-order valence-corrected chi connectivity index (χ4v) is 6.19. The van der Waals surface area contributed by atoms with Gasteiger partial charge < -0.3 is 20.5 Å². The first-order chi connectivity index (χ1) is 16.1. The summed E-state index contributed by atoms with van der Waals surface area (Å²) in [5.74, 6) is 2.55. The smallest absolute Gasteiger partial charge is 0.387 e. The zero-order chi connectivity index (χ0) is 23.8. The molecule has 0 radical (unpaired) electrons. The van der Waals surface area contributed by atoms with Crippen molar-refractivity contribution >= 4 is 11.8 Å². The number of likely N-dealkylation sites (tertiary alicyclic amines) is 1. The van der Waals surface area contributed by atoms with Crippen molar-refractivity contribution in [3.05, 3.63) is 24.0 Å². The minimum atomic E-state index is -2.98. The molecule has 0 unspecified atom stereocenters. The van der Waals surface area contributed by atoms with Crippen molar-refractivity contribution in [2.24, 2.45) is 17.8 Å². The van der Waals surface area contributed by atoms with E-state index in [2.05, 4.69) is 19.5 Å². The molecular formula is C24H30F2N6O2. The second-order valence-corrected chi connectivity index (χ2v) is 11.0. The molecule has 2 bridgehead atoms. The number of hydrogen-bond acceptors (Lipinski definition) is 8. The van der Waals surface area contributed by atoms with Crippen LogP contribution in [0.2, 0.25) is 0 Å². The van der Waals surface area contributed by atoms with Gasteiger partial charge in [0, 0.05) is 49.9 Å². The third-order valence-corrected chi connectivity index (χ3v) is 7.71. The topological polar surface area (TPSA) is 101 Å². The number of halogens is 2. The molecule has 34 heavy (non-hydrogen) atoms. The van der Waals surface area contributed by atoms with Gasteiger partial charge in [-0.25, -0.2) is 15.0 Å². The van der Waals surface area contributed by atoms with E-state index in [1.807, 2.05) is 19.9 Å². The Bertz CT molecular complexity index is 1090. The maximum absolute atomic E-state index is 12.8. The predicted molar refractivity (Wildman–Crippen MR) is 123 cm³/mol. The monoisotopic (exact) mass is 472 g/mol. The normalized spacial score (nSPS) is 29.9. The number of hydrogen-bond donors (Lipinski definition) is 2. The molecule has 0 amide bonds. The summed E-state index contributed by atoms with van der Waals surface area (Å²) in [6.45, 7) is 4.20. The van der Waals surface area contributed by atoms with Crippen molar-refractivity contribution in [1.82, 2.24) is 19.9 Å². The molecular weight excluding hydrogens is 442 g/mol. The minimum absolute atomic E-state index is 0.0810. The van der Waals surface area contributed by atoms with E-state index in [0.717, 1.165) is 25.3 Å². The highest BCUT2D eigenvalue weighted by molar-refractivity contribution is 5.66. The Morgan fingerprint density at radius 1 is 1.18 bits per heavy atom. The fraction of sp³-hybridized carbons (Fsp3) is 0.625. The largest absolute Gasteiger partial charge is 0.431 e. The number of ether oxygens (including phenoxy) is 1. The van der Waals surface area contributed by atoms with Crippen LogP contribution in [0.1, 0.15) is 38.3 Å². The van der Waals surface area contributed by atoms with Gasteiger partial charge in [-0.15, -0.1) is 0 Å². The summed E-state index contributed by atoms with van der Waals surface area (Å²) in [7, 11) is 0. The van der Waals surface area contributed by atoms with Gasteiger partial charge in [-0.05, 0) is 56.6 Å². The van der Waals surface area contributed by atoms with Gasteiger partial charge in [0.1, 0.15) is 0 Å². The van der Waals surface area contributed by atoms with E-state index in [1.165, 1.54) is 18.9 Å². The molecule has 3 aliphatic heterocycles. The highest BCUT2D eigenvalue weighted by atomic mass is 19.3. The van der Waals surface area contributed by atoms with Gasteiger partial charge in [0.05, 0.1) is 17.0 Å². The van der Waals surface area contributed by atoms with E-state index in [1.54, 1.807) is 6.20 Å². The van der Waals surface area contributed by atoms with Crippen LogP contribution in [0.15, 0.2) is 18.3 Å². The summed E-state index contributed by atoms with van der Waals surface area (Å²) in [6.07, 6.45) is 3.91. The van der Waals surface area contributed by atoms with Gasteiger partial charge in [0.15, 0.2) is 11.6 Å². The maximum atomic E-state index is 12.8. The number of rotatable bonds is 7. The lowest BCUT2D eigenvalue weighted by Gasteiger charge is -2.27. The zero-order valence-corrected chi connectivity index (χ0v) is 19.4. The molecule has 2 aromatic rings. The number of nitrogens with two attached hydrogens (primary N) is 1. The van der Waals surface area contributed by atoms with Crippen LogP contribution < -0.4 is 15.4 Å². The first-order valence-corrected chi connectivity index (χ1v) is 12.0. The average Bonchev–Trinajstić information content (AvgIpc) is 3.11. The SMILES string of the molecule is CC(C)(O)CN1C[C@@H]2[C@H](C1)[C@H]2c1cc(-c2cnc(N)c(OC(F)F)c2)nc(N2CC3CC2C3)n1. The first-order valence-electron chi connectivity index (χ1n) is 12.0. The Labute approximate surface area is 197 Å². The number of anilines is 2. The molecule has 5 heterocycles. The van der Waals surface area contributed by atoms with Crippen LogP contribution in [-0.2, 0) is 0 Å². The van der Waals surface area contributed by atoms with E-state index in [9.17, 15) is 13.9 Å². The van der Waals surface area contributed by atoms with Crippen LogP contribution >= 0.6 is 0 Å². The number of aromatic nitrogens is 3. The van der Waals surface area contributed by atoms with Gasteiger partial charge in [-0.2, -0.15) is 8.78 Å². The summed E-state index contributed by atoms with van der Waals surface area (Å²) in [5, 5.41) is 10.2. The lowest BCUT2D eigenvalue weighted by atomic mass is 9.86. The fourth-order valence-electron chi connectivity index (χ4n) is 6.19. The first kappa shape index (κ1) is 21.9. The third-order valence-electron chi connectivity index (χ3n) is 7.71. The Morgan fingerprint density at radius 3 is 2.53 bits per heavy atom. The number of nitrogens with zero attached hydrogens (tertiary/aromatic N) is 5. The van der Waals surface area contributed by atoms with E-state index in [0.29, 0.717) is 53.5 Å². The number of β-amino-alcohol motifs (C(OH)–C–C–N with tert-alkyl or cyclic N) is 1. The molecule has 0 spiro atoms. The van der Waals surface area contributed by atoms with Crippen molar-refractivity contribution in [2.45, 2.75) is 50.9 Å². The standard InChI is InChI=1S/C24H30F2N6O2/c1-24(2,33)11-31-9-15-16(10-31)20(15)18-6-17(13-5-19(34-22(25)26)21(27)28-7-13)29-23(30-18)32-8-12-3-14(32)4-12/h5-7,12,14-16,20,22,33H,3-4,8-11H2,1-2H3,(H2,27,28)/t12?,14?,15-,16+,20+. The lowest BCUT2D eigenvalue weighted by molar-refractivity contribution is -0.0494. The van der Waals surface area contributed by atoms with Crippen LogP contribution in [-0.4, -0.2) is 69.4 Å². The molecule has 3 saturated heterocycles. The summed E-state index contributed by atoms with van der Waals surface area (Å²) in [6, 6.07) is 3.93. The number of pyridine rings is 1. The van der Waals surface area contributed by atoms with Crippen LogP contribution in [0.3, 0.4) is 0 Å². The van der Waals surface area contributed by atoms with Crippen LogP contribution in [0.4, 0.5) is 20.5 Å². The molecule has 5 aliphatic rings. The molecule has 182 valence electrons. The Morgan fingerprint density at radius 2 is 1.91 bits per heavy atom. The molecule has 5 fully saturated rings. The zero-order valence-electron chi connectivity index (χ0n) is 19.4. The molecule has 2 saturated carbocycles. The van der Waals surface area contributed by atoms with Crippen molar-refractivity contribution in [3.63, 3.8) is 0 Å². The highest BCUT2D eigenvalue weighted by Crippen LogP contribution is 2.58. The van der Waals surface area contributed by atoms with Gasteiger partial charge >= 0.3 is 6.61 Å². The minimum Gasteiger partial charge on any atom is -0.431 e. The second-order valence-electron chi connectivity index (χ2n) is 11.0. The molecule has 7 rings (SSSR count). The Kier molecular flexibility index (Phi) is 4.97. The second kappa shape index (κ2) is 7.71. The highest BCUT2D eigenvalue weighted by Gasteiger charge is 2.57. The number of alkyl halides is 2. The van der Waals surface area contributed by atoms with Crippen molar-refractivity contribution in [3.8, 4) is 17.0 Å². The molecule has 10 heteroatoms. The molecule has 3 N–H and O–H groups in total. The average molecular weight is 473 g/mol. The predicted octanol–water partition coefficient (Wildman–Crippen LogP) is 2.74. The van der Waals surface area contributed by atoms with Gasteiger partial charge in [-0.3, -0.25) is 4.90 Å². The Balaban J connectivity index is 1.31. The molecule has 2 aliphatic carbocycles. The molecule has 8 nitrogen and oxygen atoms in total. The summed E-state index contributed by atoms with van der Waals surface area (Å²) in [5.41, 5.74) is 7.26. The van der Waals surface area contributed by atoms with Crippen molar-refractivity contribution < 1.29 is 18.6 Å². The van der Waals surface area contributed by atoms with E-state index < -0.39 is 12.2 Å². The summed E-state index contributed by atoms with van der Waals surface area (Å²) in [4.78, 5) is 18.5. The van der Waals surface area contributed by atoms with Gasteiger partial charge in [0.2, 0.25) is 5.95 Å². The van der Waals surface area contributed by atoms with Crippen LogP contribution in [0, 0.1) is 17.8 Å². The van der Waals surface area contributed by atoms with Crippen molar-refractivity contribution in [2.75, 3.05) is 36.8 Å². The van der Waals surface area contributed by atoms with E-state index in [-0.39, 0.29) is 11.6 Å². The summed E-state index contributed by atoms with van der Waals surface area (Å²) >= 11 is 0. The number of piperidine rings is 1. The summed E-state index contributed by atoms with van der Waals surface area (Å²) < 4.78 is 30.2. The van der Waals surface area contributed by atoms with Gasteiger partial charge in [-0.1, -0.05) is 0 Å². The molecule has 2 aromatic heterocycles. The van der Waals surface area contributed by atoms with E-state index >= 15 is 0 Å². The number of nitrogen functional groups attached to an aromatic ring is 1. The van der Waals surface area contributed by atoms with Crippen LogP contribution in [0.25, 0.3) is 11.3 Å². The Hall–Kier alpha value is -2.59. The quantitative estimate of drug-likeness (QED) is 0.635. The van der Waals surface area contributed by atoms with Crippen molar-refractivity contribution in [1.29, 1.82) is 0 Å².